The Bertz CT molecular complexity index is 1470. The van der Waals surface area contributed by atoms with Crippen LogP contribution in [0.5, 0.6) is 0 Å². The van der Waals surface area contributed by atoms with Gasteiger partial charge in [0.05, 0.1) is 0 Å². The standard InChI is InChI=1S/C34H39ClN4O3/c1-24-7-4-5-9-30(24)32(41)36-29-13-10-26(11-14-29)33(42)39-31-15-12-28(35)23-27(31)8-6-16-34(39,3)17-18-37-19-21-38(22-20-37)25(2)40/h4-5,7,9-15,23H,6,8,16-22H2,1-3H3,(H,36,41). The van der Waals surface area contributed by atoms with Crippen LogP contribution in [-0.2, 0) is 11.2 Å². The van der Waals surface area contributed by atoms with Gasteiger partial charge in [0.25, 0.3) is 11.8 Å². The molecule has 0 spiro atoms. The molecular weight excluding hydrogens is 548 g/mol. The molecule has 3 aromatic carbocycles. The van der Waals surface area contributed by atoms with E-state index in [1.807, 2.05) is 53.1 Å². The zero-order valence-corrected chi connectivity index (χ0v) is 25.4. The Hall–Kier alpha value is -3.68. The SMILES string of the molecule is CC(=O)N1CCN(CCC2(C)CCCc3cc(Cl)ccc3N2C(=O)c2ccc(NC(=O)c3ccccc3C)cc2)CC1. The van der Waals surface area contributed by atoms with Crippen LogP contribution in [0.2, 0.25) is 5.02 Å². The Morgan fingerprint density at radius 3 is 2.36 bits per heavy atom. The summed E-state index contributed by atoms with van der Waals surface area (Å²) in [7, 11) is 0. The van der Waals surface area contributed by atoms with Crippen LogP contribution in [-0.4, -0.2) is 65.8 Å². The molecule has 2 aliphatic heterocycles. The molecule has 220 valence electrons. The van der Waals surface area contributed by atoms with Crippen molar-refractivity contribution in [2.24, 2.45) is 0 Å². The summed E-state index contributed by atoms with van der Waals surface area (Å²) in [6.45, 7) is 9.73. The first-order valence-electron chi connectivity index (χ1n) is 14.7. The lowest BCUT2D eigenvalue weighted by atomic mass is 9.88. The molecule has 1 N–H and O–H groups in total. The number of hydrogen-bond acceptors (Lipinski definition) is 4. The van der Waals surface area contributed by atoms with Gasteiger partial charge in [-0.3, -0.25) is 19.3 Å². The molecule has 0 aliphatic carbocycles. The number of amides is 3. The van der Waals surface area contributed by atoms with Crippen molar-refractivity contribution >= 4 is 40.7 Å². The number of nitrogens with zero attached hydrogens (tertiary/aromatic N) is 3. The highest BCUT2D eigenvalue weighted by atomic mass is 35.5. The number of carbonyl (C=O) groups excluding carboxylic acids is 3. The minimum absolute atomic E-state index is 0.0684. The summed E-state index contributed by atoms with van der Waals surface area (Å²) in [6.07, 6.45) is 3.49. The van der Waals surface area contributed by atoms with Crippen molar-refractivity contribution in [3.8, 4) is 0 Å². The van der Waals surface area contributed by atoms with E-state index in [-0.39, 0.29) is 17.7 Å². The largest absolute Gasteiger partial charge is 0.340 e. The molecule has 1 atom stereocenters. The van der Waals surface area contributed by atoms with Crippen LogP contribution in [0.1, 0.15) is 65.0 Å². The summed E-state index contributed by atoms with van der Waals surface area (Å²) in [5.74, 6) is -0.124. The van der Waals surface area contributed by atoms with Crippen molar-refractivity contribution in [1.29, 1.82) is 0 Å². The molecule has 0 saturated carbocycles. The van der Waals surface area contributed by atoms with Crippen molar-refractivity contribution in [2.75, 3.05) is 42.9 Å². The first-order chi connectivity index (χ1) is 20.1. The van der Waals surface area contributed by atoms with Gasteiger partial charge in [0.2, 0.25) is 5.91 Å². The third-order valence-electron chi connectivity index (χ3n) is 8.75. The van der Waals surface area contributed by atoms with E-state index in [4.69, 9.17) is 11.6 Å². The second-order valence-corrected chi connectivity index (χ2v) is 12.1. The number of benzene rings is 3. The molecule has 3 amide bonds. The summed E-state index contributed by atoms with van der Waals surface area (Å²) < 4.78 is 0. The fraction of sp³-hybridized carbons (Fsp3) is 0.382. The van der Waals surface area contributed by atoms with Gasteiger partial charge in [0.15, 0.2) is 0 Å². The lowest BCUT2D eigenvalue weighted by Gasteiger charge is -2.43. The van der Waals surface area contributed by atoms with Gasteiger partial charge >= 0.3 is 0 Å². The van der Waals surface area contributed by atoms with Crippen LogP contribution in [0.3, 0.4) is 0 Å². The predicted octanol–water partition coefficient (Wildman–Crippen LogP) is 6.20. The van der Waals surface area contributed by atoms with E-state index < -0.39 is 5.54 Å². The van der Waals surface area contributed by atoms with E-state index in [9.17, 15) is 14.4 Å². The summed E-state index contributed by atoms with van der Waals surface area (Å²) in [6, 6.07) is 20.4. The fourth-order valence-corrected chi connectivity index (χ4v) is 6.36. The predicted molar refractivity (Wildman–Crippen MR) is 168 cm³/mol. The molecule has 0 aromatic heterocycles. The average Bonchev–Trinajstić information content (AvgIpc) is 3.12. The molecule has 1 saturated heterocycles. The molecule has 0 radical (unpaired) electrons. The second-order valence-electron chi connectivity index (χ2n) is 11.7. The van der Waals surface area contributed by atoms with Crippen LogP contribution in [0.4, 0.5) is 11.4 Å². The first kappa shape index (κ1) is 29.8. The highest BCUT2D eigenvalue weighted by molar-refractivity contribution is 6.30. The number of nitrogens with one attached hydrogen (secondary N) is 1. The molecule has 3 aromatic rings. The van der Waals surface area contributed by atoms with Crippen LogP contribution >= 0.6 is 11.6 Å². The Morgan fingerprint density at radius 2 is 1.67 bits per heavy atom. The lowest BCUT2D eigenvalue weighted by Crippen LogP contribution is -2.53. The molecule has 5 rings (SSSR count). The summed E-state index contributed by atoms with van der Waals surface area (Å²) >= 11 is 6.38. The summed E-state index contributed by atoms with van der Waals surface area (Å²) in [5, 5.41) is 3.62. The van der Waals surface area contributed by atoms with Gasteiger partial charge in [-0.05, 0) is 99.2 Å². The average molecular weight is 587 g/mol. The number of hydrogen-bond donors (Lipinski definition) is 1. The number of carbonyl (C=O) groups is 3. The lowest BCUT2D eigenvalue weighted by molar-refractivity contribution is -0.130. The number of piperazine rings is 1. The molecule has 42 heavy (non-hydrogen) atoms. The third kappa shape index (κ3) is 6.53. The van der Waals surface area contributed by atoms with Gasteiger partial charge in [-0.25, -0.2) is 0 Å². The molecule has 2 aliphatic rings. The van der Waals surface area contributed by atoms with E-state index in [0.29, 0.717) is 21.8 Å². The highest BCUT2D eigenvalue weighted by Crippen LogP contribution is 2.40. The molecule has 1 unspecified atom stereocenters. The second kappa shape index (κ2) is 12.7. The van der Waals surface area contributed by atoms with Gasteiger partial charge in [-0.1, -0.05) is 29.8 Å². The maximum absolute atomic E-state index is 14.3. The maximum Gasteiger partial charge on any atom is 0.258 e. The van der Waals surface area contributed by atoms with E-state index in [2.05, 4.69) is 17.1 Å². The van der Waals surface area contributed by atoms with Crippen LogP contribution in [0.15, 0.2) is 66.7 Å². The Morgan fingerprint density at radius 1 is 0.952 bits per heavy atom. The number of rotatable bonds is 6. The van der Waals surface area contributed by atoms with Crippen molar-refractivity contribution < 1.29 is 14.4 Å². The number of anilines is 2. The van der Waals surface area contributed by atoms with Gasteiger partial charge in [-0.2, -0.15) is 0 Å². The fourth-order valence-electron chi connectivity index (χ4n) is 6.16. The molecule has 8 heteroatoms. The molecule has 1 fully saturated rings. The number of fused-ring (bicyclic) bond motifs is 1. The van der Waals surface area contributed by atoms with Gasteiger partial charge in [-0.15, -0.1) is 0 Å². The van der Waals surface area contributed by atoms with Crippen LogP contribution in [0.25, 0.3) is 0 Å². The quantitative estimate of drug-likeness (QED) is 0.373. The maximum atomic E-state index is 14.3. The van der Waals surface area contributed by atoms with E-state index in [1.54, 1.807) is 37.3 Å². The van der Waals surface area contributed by atoms with Gasteiger partial charge < -0.3 is 15.1 Å². The smallest absolute Gasteiger partial charge is 0.258 e. The topological polar surface area (TPSA) is 73.0 Å². The van der Waals surface area contributed by atoms with Crippen molar-refractivity contribution in [3.05, 3.63) is 94.0 Å². The Labute approximate surface area is 253 Å². The molecular formula is C34H39ClN4O3. The van der Waals surface area contributed by atoms with Gasteiger partial charge in [0.1, 0.15) is 0 Å². The Balaban J connectivity index is 1.37. The zero-order chi connectivity index (χ0) is 29.9. The summed E-state index contributed by atoms with van der Waals surface area (Å²) in [5.41, 5.74) is 4.30. The molecule has 0 bridgehead atoms. The van der Waals surface area contributed by atoms with E-state index in [0.717, 1.165) is 75.2 Å². The van der Waals surface area contributed by atoms with Crippen molar-refractivity contribution in [2.45, 2.75) is 52.0 Å². The van der Waals surface area contributed by atoms with Crippen molar-refractivity contribution in [1.82, 2.24) is 9.80 Å². The van der Waals surface area contributed by atoms with E-state index in [1.165, 1.54) is 0 Å². The first-order valence-corrected chi connectivity index (χ1v) is 15.1. The molecule has 2 heterocycles. The highest BCUT2D eigenvalue weighted by Gasteiger charge is 2.40. The third-order valence-corrected chi connectivity index (χ3v) is 8.99. The Kier molecular flexibility index (Phi) is 8.99. The summed E-state index contributed by atoms with van der Waals surface area (Å²) in [4.78, 5) is 45.2. The van der Waals surface area contributed by atoms with E-state index >= 15 is 0 Å². The number of aryl methyl sites for hydroxylation is 2. The zero-order valence-electron chi connectivity index (χ0n) is 24.7. The van der Waals surface area contributed by atoms with Crippen molar-refractivity contribution in [3.63, 3.8) is 0 Å². The number of halogens is 1. The minimum atomic E-state index is -0.411. The van der Waals surface area contributed by atoms with Crippen LogP contribution in [0, 0.1) is 6.92 Å². The van der Waals surface area contributed by atoms with Gasteiger partial charge in [0, 0.05) is 72.7 Å². The molecule has 7 nitrogen and oxygen atoms in total. The monoisotopic (exact) mass is 586 g/mol. The minimum Gasteiger partial charge on any atom is -0.340 e. The van der Waals surface area contributed by atoms with Crippen LogP contribution < -0.4 is 10.2 Å². The normalized spacial score (nSPS) is 19.1.